The minimum Gasteiger partial charge on any atom is -0.245 e. The van der Waals surface area contributed by atoms with E-state index >= 15 is 0 Å². The van der Waals surface area contributed by atoms with Crippen LogP contribution in [0.1, 0.15) is 10.6 Å². The summed E-state index contributed by atoms with van der Waals surface area (Å²) in [6, 6.07) is 0. The van der Waals surface area contributed by atoms with Gasteiger partial charge in [0.05, 0.1) is 16.1 Å². The molecular weight excluding hydrogens is 154 g/mol. The summed E-state index contributed by atoms with van der Waals surface area (Å²) < 4.78 is 0. The first-order valence-electron chi connectivity index (χ1n) is 3.42. The van der Waals surface area contributed by atoms with Crippen molar-refractivity contribution in [1.29, 1.82) is 0 Å². The van der Waals surface area contributed by atoms with Gasteiger partial charge in [0.2, 0.25) is 0 Å². The van der Waals surface area contributed by atoms with E-state index in [-0.39, 0.29) is 0 Å². The van der Waals surface area contributed by atoms with E-state index in [4.69, 9.17) is 0 Å². The highest BCUT2D eigenvalue weighted by Gasteiger charge is 1.97. The smallest absolute Gasteiger partial charge is 0.0812 e. The molecule has 0 aromatic carbocycles. The van der Waals surface area contributed by atoms with Crippen LogP contribution >= 0.6 is 11.3 Å². The second kappa shape index (κ2) is 2.84. The van der Waals surface area contributed by atoms with Gasteiger partial charge in [0.15, 0.2) is 0 Å². The van der Waals surface area contributed by atoms with Gasteiger partial charge >= 0.3 is 0 Å². The molecule has 1 aliphatic rings. The van der Waals surface area contributed by atoms with Gasteiger partial charge < -0.3 is 0 Å². The lowest BCUT2D eigenvalue weighted by molar-refractivity contribution is 1.38. The van der Waals surface area contributed by atoms with Crippen LogP contribution in [0.25, 0.3) is 12.2 Å². The van der Waals surface area contributed by atoms with Gasteiger partial charge in [-0.3, -0.25) is 0 Å². The fourth-order valence-electron chi connectivity index (χ4n) is 0.932. The Morgan fingerprint density at radius 1 is 1.00 bits per heavy atom. The van der Waals surface area contributed by atoms with Crippen molar-refractivity contribution in [2.75, 3.05) is 0 Å². The Morgan fingerprint density at radius 3 is 2.73 bits per heavy atom. The van der Waals surface area contributed by atoms with E-state index in [0.717, 1.165) is 5.69 Å². The molecule has 0 atom stereocenters. The lowest BCUT2D eigenvalue weighted by atomic mass is 10.2. The molecule has 0 radical (unpaired) electrons. The van der Waals surface area contributed by atoms with Gasteiger partial charge in [-0.25, -0.2) is 4.98 Å². The predicted molar refractivity (Wildman–Crippen MR) is 49.3 cm³/mol. The number of rotatable bonds is 0. The summed E-state index contributed by atoms with van der Waals surface area (Å²) in [4.78, 5) is 5.43. The largest absolute Gasteiger partial charge is 0.245 e. The fourth-order valence-corrected chi connectivity index (χ4v) is 1.61. The van der Waals surface area contributed by atoms with E-state index in [1.54, 1.807) is 11.3 Å². The first-order chi connectivity index (χ1) is 5.47. The molecule has 0 aliphatic heterocycles. The van der Waals surface area contributed by atoms with E-state index in [0.29, 0.717) is 0 Å². The first-order valence-corrected chi connectivity index (χ1v) is 4.30. The quantitative estimate of drug-likeness (QED) is 0.570. The summed E-state index contributed by atoms with van der Waals surface area (Å²) in [6.07, 6.45) is 12.1. The van der Waals surface area contributed by atoms with Crippen LogP contribution in [-0.2, 0) is 0 Å². The number of aromatic nitrogens is 1. The predicted octanol–water partition coefficient (Wildman–Crippen LogP) is 2.74. The number of thiazole rings is 1. The van der Waals surface area contributed by atoms with Crippen molar-refractivity contribution in [3.63, 3.8) is 0 Å². The first kappa shape index (κ1) is 6.55. The zero-order valence-electron chi connectivity index (χ0n) is 5.90. The summed E-state index contributed by atoms with van der Waals surface area (Å²) in [5.41, 5.74) is 2.93. The Morgan fingerprint density at radius 2 is 1.82 bits per heavy atom. The van der Waals surface area contributed by atoms with Crippen LogP contribution < -0.4 is 0 Å². The van der Waals surface area contributed by atoms with Crippen molar-refractivity contribution in [3.05, 3.63) is 40.4 Å². The maximum Gasteiger partial charge on any atom is 0.0812 e. The van der Waals surface area contributed by atoms with Crippen LogP contribution in [0.15, 0.2) is 29.8 Å². The Hall–Kier alpha value is -1.15. The van der Waals surface area contributed by atoms with Crippen LogP contribution in [0.5, 0.6) is 0 Å². The molecule has 0 N–H and O–H groups in total. The summed E-state index contributed by atoms with van der Waals surface area (Å²) >= 11 is 1.66. The molecule has 1 aromatic rings. The number of nitrogens with zero attached hydrogens (tertiary/aromatic N) is 1. The van der Waals surface area contributed by atoms with E-state index in [1.165, 1.54) is 4.88 Å². The molecule has 0 saturated carbocycles. The molecular formula is C9H7NS. The van der Waals surface area contributed by atoms with Crippen molar-refractivity contribution in [3.8, 4) is 0 Å². The third-order valence-electron chi connectivity index (χ3n) is 1.46. The third kappa shape index (κ3) is 1.30. The molecule has 0 unspecified atom stereocenters. The van der Waals surface area contributed by atoms with Crippen LogP contribution in [-0.4, -0.2) is 4.98 Å². The van der Waals surface area contributed by atoms with E-state index in [1.807, 2.05) is 35.9 Å². The highest BCUT2D eigenvalue weighted by molar-refractivity contribution is 7.10. The van der Waals surface area contributed by atoms with Gasteiger partial charge in [-0.05, 0) is 12.2 Å². The fraction of sp³-hybridized carbons (Fsp3) is 0. The molecule has 0 spiro atoms. The zero-order valence-corrected chi connectivity index (χ0v) is 6.71. The lowest BCUT2D eigenvalue weighted by Gasteiger charge is -1.89. The van der Waals surface area contributed by atoms with Crippen LogP contribution in [0, 0.1) is 0 Å². The minimum absolute atomic E-state index is 1.07. The third-order valence-corrected chi connectivity index (χ3v) is 2.27. The number of hydrogen-bond acceptors (Lipinski definition) is 2. The molecule has 1 heterocycles. The molecule has 0 fully saturated rings. The molecule has 11 heavy (non-hydrogen) atoms. The Balaban J connectivity index is 2.52. The summed E-state index contributed by atoms with van der Waals surface area (Å²) in [5.74, 6) is 0. The van der Waals surface area contributed by atoms with Crippen molar-refractivity contribution in [2.45, 2.75) is 0 Å². The van der Waals surface area contributed by atoms with E-state index < -0.39 is 0 Å². The standard InChI is InChI=1S/C9H7NS/c1-2-4-6-9-8(5-3-1)10-7-11-9/h1-7H/b2-1?,3-1?,4-2?,5-3?,6-4-,8-5?,9-6?. The molecule has 0 bridgehead atoms. The number of allylic oxidation sites excluding steroid dienone is 4. The summed E-state index contributed by atoms with van der Waals surface area (Å²) in [6.45, 7) is 0. The van der Waals surface area contributed by atoms with Crippen molar-refractivity contribution in [1.82, 2.24) is 4.98 Å². The van der Waals surface area contributed by atoms with Gasteiger partial charge in [-0.2, -0.15) is 0 Å². The second-order valence-corrected chi connectivity index (χ2v) is 3.09. The molecule has 54 valence electrons. The topological polar surface area (TPSA) is 12.9 Å². The Bertz CT molecular complexity index is 301. The summed E-state index contributed by atoms with van der Waals surface area (Å²) in [5, 5.41) is 0. The van der Waals surface area contributed by atoms with E-state index in [2.05, 4.69) is 11.1 Å². The average Bonchev–Trinajstić information content (AvgIpc) is 2.35. The van der Waals surface area contributed by atoms with Gasteiger partial charge in [0.25, 0.3) is 0 Å². The highest BCUT2D eigenvalue weighted by Crippen LogP contribution is 2.17. The summed E-state index contributed by atoms with van der Waals surface area (Å²) in [7, 11) is 0. The highest BCUT2D eigenvalue weighted by atomic mass is 32.1. The molecule has 0 saturated heterocycles. The number of fused-ring (bicyclic) bond motifs is 1. The molecule has 1 nitrogen and oxygen atoms in total. The normalized spacial score (nSPS) is 17.1. The van der Waals surface area contributed by atoms with Gasteiger partial charge in [0, 0.05) is 0 Å². The molecule has 1 aliphatic carbocycles. The minimum atomic E-state index is 1.07. The SMILES string of the molecule is C1=C/C=C\c2scnc2C=C1. The molecule has 2 rings (SSSR count). The second-order valence-electron chi connectivity index (χ2n) is 2.20. The van der Waals surface area contributed by atoms with Crippen molar-refractivity contribution < 1.29 is 0 Å². The van der Waals surface area contributed by atoms with Gasteiger partial charge in [0.1, 0.15) is 0 Å². The van der Waals surface area contributed by atoms with Crippen LogP contribution in [0.2, 0.25) is 0 Å². The molecule has 2 heteroatoms. The maximum atomic E-state index is 4.20. The lowest BCUT2D eigenvalue weighted by Crippen LogP contribution is -1.74. The van der Waals surface area contributed by atoms with E-state index in [9.17, 15) is 0 Å². The van der Waals surface area contributed by atoms with Gasteiger partial charge in [-0.1, -0.05) is 24.3 Å². The molecule has 0 amide bonds. The maximum absolute atomic E-state index is 4.20. The van der Waals surface area contributed by atoms with Gasteiger partial charge in [-0.15, -0.1) is 11.3 Å². The van der Waals surface area contributed by atoms with Crippen molar-refractivity contribution >= 4 is 23.5 Å². The average molecular weight is 161 g/mol. The Labute approximate surface area is 69.4 Å². The zero-order chi connectivity index (χ0) is 7.52. The molecule has 1 aromatic heterocycles. The number of hydrogen-bond donors (Lipinski definition) is 0. The Kier molecular flexibility index (Phi) is 1.69. The van der Waals surface area contributed by atoms with Crippen LogP contribution in [0.3, 0.4) is 0 Å². The monoisotopic (exact) mass is 161 g/mol. The van der Waals surface area contributed by atoms with Crippen molar-refractivity contribution in [2.24, 2.45) is 0 Å². The van der Waals surface area contributed by atoms with Crippen LogP contribution in [0.4, 0.5) is 0 Å².